The molecular formula is C32H26Cl3N3O4. The highest BCUT2D eigenvalue weighted by Crippen LogP contribution is 2.46. The monoisotopic (exact) mass is 621 g/mol. The largest absolute Gasteiger partial charge is 0.489 e. The molecule has 5 aromatic rings. The van der Waals surface area contributed by atoms with Gasteiger partial charge in [-0.1, -0.05) is 52.1 Å². The number of benzene rings is 3. The van der Waals surface area contributed by atoms with E-state index >= 15 is 0 Å². The van der Waals surface area contributed by atoms with Crippen molar-refractivity contribution in [3.8, 4) is 17.0 Å². The fourth-order valence-corrected chi connectivity index (χ4v) is 6.62. The summed E-state index contributed by atoms with van der Waals surface area (Å²) in [6.45, 7) is 1.82. The average Bonchev–Trinajstić information content (AvgIpc) is 3.61. The molecule has 2 aliphatic rings. The van der Waals surface area contributed by atoms with Gasteiger partial charge < -0.3 is 23.8 Å². The van der Waals surface area contributed by atoms with Gasteiger partial charge in [0.25, 0.3) is 0 Å². The van der Waals surface area contributed by atoms with Crippen molar-refractivity contribution >= 4 is 57.4 Å². The van der Waals surface area contributed by atoms with Gasteiger partial charge in [-0.15, -0.1) is 0 Å². The summed E-state index contributed by atoms with van der Waals surface area (Å²) in [7, 11) is 1.86. The maximum absolute atomic E-state index is 11.7. The lowest BCUT2D eigenvalue weighted by atomic mass is 9.90. The first kappa shape index (κ1) is 27.2. The number of rotatable bonds is 8. The average molecular weight is 623 g/mol. The number of carboxylic acids is 1. The second kappa shape index (κ2) is 10.6. The Morgan fingerprint density at radius 2 is 1.79 bits per heavy atom. The van der Waals surface area contributed by atoms with Crippen molar-refractivity contribution in [1.29, 1.82) is 0 Å². The van der Waals surface area contributed by atoms with Crippen molar-refractivity contribution < 1.29 is 19.2 Å². The van der Waals surface area contributed by atoms with Gasteiger partial charge >= 0.3 is 5.97 Å². The molecule has 0 radical (unpaired) electrons. The van der Waals surface area contributed by atoms with E-state index in [1.165, 1.54) is 0 Å². The Kier molecular flexibility index (Phi) is 6.84. The van der Waals surface area contributed by atoms with E-state index < -0.39 is 5.97 Å². The Balaban J connectivity index is 1.06. The summed E-state index contributed by atoms with van der Waals surface area (Å²) in [4.78, 5) is 13.9. The third-order valence-electron chi connectivity index (χ3n) is 8.21. The lowest BCUT2D eigenvalue weighted by Gasteiger charge is -2.42. The Morgan fingerprint density at radius 3 is 2.48 bits per heavy atom. The first-order chi connectivity index (χ1) is 20.3. The zero-order valence-corrected chi connectivity index (χ0v) is 24.9. The van der Waals surface area contributed by atoms with Crippen LogP contribution in [0.1, 0.15) is 51.9 Å². The first-order valence-electron chi connectivity index (χ1n) is 13.7. The molecule has 42 heavy (non-hydrogen) atoms. The standard InChI is InChI=1S/C32H26Cl3N3O4/c1-37-15-22(32(39)40)21-11-18(7-9-27(21)37)19-13-38(14-19)28-10-8-20(12-26(28)35)41-16-23-30(36-42-31(23)17-5-6-17)29-24(33)3-2-4-25(29)34/h2-4,7-12,15,17,19H,5-6,13-14,16H2,1H3,(H,39,40). The molecule has 1 saturated heterocycles. The van der Waals surface area contributed by atoms with Crippen molar-refractivity contribution in [3.05, 3.63) is 98.3 Å². The maximum atomic E-state index is 11.7. The minimum Gasteiger partial charge on any atom is -0.489 e. The molecule has 7 nitrogen and oxygen atoms in total. The van der Waals surface area contributed by atoms with Crippen LogP contribution in [0.2, 0.25) is 15.1 Å². The van der Waals surface area contributed by atoms with Crippen molar-refractivity contribution in [3.63, 3.8) is 0 Å². The summed E-state index contributed by atoms with van der Waals surface area (Å²) < 4.78 is 13.8. The first-order valence-corrected chi connectivity index (χ1v) is 14.8. The summed E-state index contributed by atoms with van der Waals surface area (Å²) >= 11 is 19.7. The van der Waals surface area contributed by atoms with Gasteiger partial charge in [0.15, 0.2) is 0 Å². The number of carboxylic acid groups (broad SMARTS) is 1. The van der Waals surface area contributed by atoms with Crippen molar-refractivity contribution in [2.45, 2.75) is 31.3 Å². The van der Waals surface area contributed by atoms with Gasteiger partial charge in [0, 0.05) is 60.7 Å². The van der Waals surface area contributed by atoms with Crippen LogP contribution in [0.5, 0.6) is 5.75 Å². The van der Waals surface area contributed by atoms with Gasteiger partial charge in [-0.2, -0.15) is 0 Å². The van der Waals surface area contributed by atoms with Crippen LogP contribution in [0.15, 0.2) is 65.3 Å². The van der Waals surface area contributed by atoms with Crippen LogP contribution in [-0.4, -0.2) is 33.9 Å². The molecule has 0 bridgehead atoms. The Labute approximate surface area is 257 Å². The summed E-state index contributed by atoms with van der Waals surface area (Å²) in [6, 6.07) is 17.2. The number of halogens is 3. The number of nitrogens with zero attached hydrogens (tertiary/aromatic N) is 3. The highest BCUT2D eigenvalue weighted by molar-refractivity contribution is 6.39. The lowest BCUT2D eigenvalue weighted by Crippen LogP contribution is -2.45. The van der Waals surface area contributed by atoms with Gasteiger partial charge in [-0.05, 0) is 54.8 Å². The Hall–Kier alpha value is -3.65. The molecule has 1 aliphatic heterocycles. The molecule has 1 saturated carbocycles. The van der Waals surface area contributed by atoms with Crippen LogP contribution >= 0.6 is 34.8 Å². The van der Waals surface area contributed by atoms with E-state index in [2.05, 4.69) is 16.1 Å². The summed E-state index contributed by atoms with van der Waals surface area (Å²) in [6.07, 6.45) is 3.76. The maximum Gasteiger partial charge on any atom is 0.337 e. The fraction of sp³-hybridized carbons (Fsp3) is 0.250. The predicted molar refractivity (Wildman–Crippen MR) is 165 cm³/mol. The van der Waals surface area contributed by atoms with Gasteiger partial charge in [-0.25, -0.2) is 4.79 Å². The molecule has 0 spiro atoms. The van der Waals surface area contributed by atoms with Gasteiger partial charge in [0.05, 0.1) is 31.9 Å². The molecular weight excluding hydrogens is 597 g/mol. The zero-order valence-electron chi connectivity index (χ0n) is 22.6. The van der Waals surface area contributed by atoms with E-state index in [9.17, 15) is 9.90 Å². The van der Waals surface area contributed by atoms with E-state index in [1.54, 1.807) is 24.4 Å². The number of ether oxygens (including phenoxy) is 1. The minimum atomic E-state index is -0.918. The predicted octanol–water partition coefficient (Wildman–Crippen LogP) is 8.55. The molecule has 0 atom stereocenters. The van der Waals surface area contributed by atoms with Crippen molar-refractivity contribution in [2.75, 3.05) is 18.0 Å². The van der Waals surface area contributed by atoms with Crippen LogP contribution in [0.3, 0.4) is 0 Å². The molecule has 3 heterocycles. The molecule has 1 aliphatic carbocycles. The van der Waals surface area contributed by atoms with Crippen LogP contribution in [0.25, 0.3) is 22.2 Å². The number of aromatic carboxylic acids is 1. The molecule has 0 amide bonds. The SMILES string of the molecule is Cn1cc(C(=O)O)c2cc(C3CN(c4ccc(OCc5c(-c6c(Cl)cccc6Cl)noc5C5CC5)cc4Cl)C3)ccc21. The highest BCUT2D eigenvalue weighted by atomic mass is 35.5. The van der Waals surface area contributed by atoms with E-state index in [1.807, 2.05) is 41.9 Å². The Bertz CT molecular complexity index is 1830. The molecule has 10 heteroatoms. The number of aryl methyl sites for hydroxylation is 1. The second-order valence-corrected chi connectivity index (χ2v) is 12.2. The zero-order chi connectivity index (χ0) is 29.1. The third-order valence-corrected chi connectivity index (χ3v) is 9.14. The molecule has 7 rings (SSSR count). The quantitative estimate of drug-likeness (QED) is 0.187. The van der Waals surface area contributed by atoms with Gasteiger partial charge in [-0.3, -0.25) is 0 Å². The number of anilines is 1. The minimum absolute atomic E-state index is 0.244. The number of carbonyl (C=O) groups is 1. The van der Waals surface area contributed by atoms with Crippen LogP contribution < -0.4 is 9.64 Å². The Morgan fingerprint density at radius 1 is 1.02 bits per heavy atom. The number of hydrogen-bond acceptors (Lipinski definition) is 5. The van der Waals surface area contributed by atoms with E-state index in [0.717, 1.165) is 59.4 Å². The fourth-order valence-electron chi connectivity index (χ4n) is 5.76. The number of fused-ring (bicyclic) bond motifs is 1. The van der Waals surface area contributed by atoms with Crippen molar-refractivity contribution in [1.82, 2.24) is 9.72 Å². The van der Waals surface area contributed by atoms with E-state index in [4.69, 9.17) is 44.1 Å². The molecule has 214 valence electrons. The second-order valence-electron chi connectivity index (χ2n) is 11.0. The topological polar surface area (TPSA) is 80.7 Å². The molecule has 0 unspecified atom stereocenters. The smallest absolute Gasteiger partial charge is 0.337 e. The normalized spacial score (nSPS) is 15.3. The molecule has 2 fully saturated rings. The van der Waals surface area contributed by atoms with Crippen LogP contribution in [0.4, 0.5) is 5.69 Å². The van der Waals surface area contributed by atoms with Gasteiger partial charge in [0.2, 0.25) is 0 Å². The van der Waals surface area contributed by atoms with E-state index in [-0.39, 0.29) is 12.5 Å². The highest BCUT2D eigenvalue weighted by Gasteiger charge is 2.34. The molecule has 2 aromatic heterocycles. The summed E-state index contributed by atoms with van der Waals surface area (Å²) in [5.41, 5.74) is 5.37. The van der Waals surface area contributed by atoms with Crippen LogP contribution in [-0.2, 0) is 13.7 Å². The van der Waals surface area contributed by atoms with Gasteiger partial charge in [0.1, 0.15) is 23.8 Å². The number of hydrogen-bond donors (Lipinski definition) is 1. The van der Waals surface area contributed by atoms with E-state index in [0.29, 0.717) is 43.6 Å². The number of aromatic nitrogens is 2. The van der Waals surface area contributed by atoms with Crippen molar-refractivity contribution in [2.24, 2.45) is 7.05 Å². The molecule has 1 N–H and O–H groups in total. The molecule has 3 aromatic carbocycles. The lowest BCUT2D eigenvalue weighted by molar-refractivity contribution is 0.0699. The van der Waals surface area contributed by atoms with Crippen LogP contribution in [0, 0.1) is 0 Å². The summed E-state index contributed by atoms with van der Waals surface area (Å²) in [5.74, 6) is 1.15. The summed E-state index contributed by atoms with van der Waals surface area (Å²) in [5, 5.41) is 16.3. The third kappa shape index (κ3) is 4.79.